The molecule has 10 nitrogen and oxygen atoms in total. The van der Waals surface area contributed by atoms with E-state index in [2.05, 4.69) is 5.10 Å². The van der Waals surface area contributed by atoms with E-state index in [1.807, 2.05) is 5.43 Å². The predicted octanol–water partition coefficient (Wildman–Crippen LogP) is 3.68. The van der Waals surface area contributed by atoms with Gasteiger partial charge in [0.05, 0.1) is 28.7 Å². The first-order valence-electron chi connectivity index (χ1n) is 7.24. The number of methoxy groups -OCH3 is 1. The van der Waals surface area contributed by atoms with Crippen molar-refractivity contribution in [3.63, 3.8) is 0 Å². The molecule has 0 aliphatic carbocycles. The minimum absolute atomic E-state index is 0.0930. The zero-order chi connectivity index (χ0) is 21.1. The van der Waals surface area contributed by atoms with Gasteiger partial charge in [0.2, 0.25) is 5.69 Å². The number of anilines is 1. The Kier molecular flexibility index (Phi) is 5.67. The molecule has 0 fully saturated rings. The van der Waals surface area contributed by atoms with Gasteiger partial charge in [-0.1, -0.05) is 0 Å². The fourth-order valence-corrected chi connectivity index (χ4v) is 2.12. The monoisotopic (exact) mass is 400 g/mol. The molecule has 0 aliphatic heterocycles. The summed E-state index contributed by atoms with van der Waals surface area (Å²) in [6, 6.07) is 4.35. The Bertz CT molecular complexity index is 926. The summed E-state index contributed by atoms with van der Waals surface area (Å²) in [7, 11) is 1.29. The molecule has 0 saturated heterocycles. The van der Waals surface area contributed by atoms with Crippen LogP contribution in [-0.4, -0.2) is 28.3 Å². The lowest BCUT2D eigenvalue weighted by Crippen LogP contribution is -2.09. The second-order valence-corrected chi connectivity index (χ2v) is 5.20. The van der Waals surface area contributed by atoms with Crippen molar-refractivity contribution in [1.82, 2.24) is 0 Å². The first-order valence-corrected chi connectivity index (χ1v) is 7.24. The molecule has 2 aromatic carbocycles. The normalized spacial score (nSPS) is 11.4. The predicted molar refractivity (Wildman–Crippen MR) is 90.6 cm³/mol. The molecule has 148 valence electrons. The second-order valence-electron chi connectivity index (χ2n) is 5.20. The van der Waals surface area contributed by atoms with Gasteiger partial charge in [-0.15, -0.1) is 0 Å². The molecule has 0 bridgehead atoms. The van der Waals surface area contributed by atoms with Crippen LogP contribution in [0, 0.1) is 20.2 Å². The maximum atomic E-state index is 12.9. The molecule has 0 aromatic heterocycles. The summed E-state index contributed by atoms with van der Waals surface area (Å²) >= 11 is 0. The van der Waals surface area contributed by atoms with Crippen LogP contribution in [0.4, 0.5) is 30.2 Å². The minimum Gasteiger partial charge on any atom is -0.504 e. The molecule has 0 spiro atoms. The van der Waals surface area contributed by atoms with E-state index >= 15 is 0 Å². The smallest absolute Gasteiger partial charge is 0.416 e. The van der Waals surface area contributed by atoms with Crippen molar-refractivity contribution in [1.29, 1.82) is 0 Å². The molecule has 0 amide bonds. The van der Waals surface area contributed by atoms with Gasteiger partial charge in [-0.2, -0.15) is 18.3 Å². The van der Waals surface area contributed by atoms with Crippen molar-refractivity contribution < 1.29 is 32.9 Å². The van der Waals surface area contributed by atoms with E-state index in [4.69, 9.17) is 4.74 Å². The second kappa shape index (κ2) is 7.77. The van der Waals surface area contributed by atoms with Gasteiger partial charge in [0.25, 0.3) is 0 Å². The highest BCUT2D eigenvalue weighted by Crippen LogP contribution is 2.41. The fraction of sp³-hybridized carbons (Fsp3) is 0.133. The molecule has 13 heteroatoms. The van der Waals surface area contributed by atoms with E-state index in [0.717, 1.165) is 6.21 Å². The van der Waals surface area contributed by atoms with Crippen LogP contribution >= 0.6 is 0 Å². The number of halogens is 3. The van der Waals surface area contributed by atoms with Gasteiger partial charge >= 0.3 is 17.6 Å². The van der Waals surface area contributed by atoms with E-state index in [1.54, 1.807) is 0 Å². The molecule has 0 heterocycles. The third-order valence-corrected chi connectivity index (χ3v) is 3.41. The summed E-state index contributed by atoms with van der Waals surface area (Å²) in [5, 5.41) is 35.3. The van der Waals surface area contributed by atoms with Crippen LogP contribution in [0.2, 0.25) is 0 Å². The number of hydrazone groups is 1. The standard InChI is InChI=1S/C15H11F3N4O6/c1-28-13-4-8(2-3-12(13)23)7-19-20-14-10(21(24)25)5-9(15(16,17)18)6-11(14)22(26)27/h2-7,20,23H,1H3/b19-7+. The van der Waals surface area contributed by atoms with Gasteiger partial charge in [0.15, 0.2) is 11.5 Å². The summed E-state index contributed by atoms with van der Waals surface area (Å²) in [5.74, 6) is -0.0722. The van der Waals surface area contributed by atoms with Gasteiger partial charge in [-0.25, -0.2) is 0 Å². The van der Waals surface area contributed by atoms with Crippen molar-refractivity contribution in [2.24, 2.45) is 5.10 Å². The molecule has 2 N–H and O–H groups in total. The van der Waals surface area contributed by atoms with Crippen LogP contribution in [0.25, 0.3) is 0 Å². The van der Waals surface area contributed by atoms with Crippen molar-refractivity contribution in [2.75, 3.05) is 12.5 Å². The Labute approximate surface area is 154 Å². The van der Waals surface area contributed by atoms with Gasteiger partial charge in [0, 0.05) is 12.1 Å². The molecule has 0 aliphatic rings. The van der Waals surface area contributed by atoms with Crippen LogP contribution in [0.1, 0.15) is 11.1 Å². The number of hydrogen-bond acceptors (Lipinski definition) is 8. The molecule has 0 saturated carbocycles. The third kappa shape index (κ3) is 4.44. The maximum Gasteiger partial charge on any atom is 0.416 e. The van der Waals surface area contributed by atoms with E-state index in [1.165, 1.54) is 25.3 Å². The van der Waals surface area contributed by atoms with E-state index in [0.29, 0.717) is 5.56 Å². The molecule has 0 atom stereocenters. The number of phenols is 1. The van der Waals surface area contributed by atoms with Crippen LogP contribution < -0.4 is 10.2 Å². The van der Waals surface area contributed by atoms with Crippen LogP contribution in [-0.2, 0) is 6.18 Å². The number of nitrogens with one attached hydrogen (secondary N) is 1. The lowest BCUT2D eigenvalue weighted by Gasteiger charge is -2.09. The van der Waals surface area contributed by atoms with Crippen molar-refractivity contribution in [2.45, 2.75) is 6.18 Å². The number of rotatable bonds is 6. The number of benzene rings is 2. The lowest BCUT2D eigenvalue weighted by atomic mass is 10.1. The molecule has 0 radical (unpaired) electrons. The largest absolute Gasteiger partial charge is 0.504 e. The number of hydrogen-bond donors (Lipinski definition) is 2. The number of ether oxygens (including phenoxy) is 1. The minimum atomic E-state index is -5.01. The Balaban J connectivity index is 2.46. The molecule has 2 aromatic rings. The lowest BCUT2D eigenvalue weighted by molar-refractivity contribution is -0.392. The van der Waals surface area contributed by atoms with Crippen molar-refractivity contribution >= 4 is 23.3 Å². The third-order valence-electron chi connectivity index (χ3n) is 3.41. The van der Waals surface area contributed by atoms with Crippen LogP contribution in [0.3, 0.4) is 0 Å². The summed E-state index contributed by atoms with van der Waals surface area (Å²) in [6.45, 7) is 0. The average Bonchev–Trinajstić information content (AvgIpc) is 2.61. The highest BCUT2D eigenvalue weighted by atomic mass is 19.4. The number of phenolic OH excluding ortho intramolecular Hbond substituents is 1. The maximum absolute atomic E-state index is 12.9. The Morgan fingerprint density at radius 3 is 2.18 bits per heavy atom. The van der Waals surface area contributed by atoms with E-state index < -0.39 is 38.6 Å². The zero-order valence-corrected chi connectivity index (χ0v) is 13.9. The fourth-order valence-electron chi connectivity index (χ4n) is 2.12. The highest BCUT2D eigenvalue weighted by Gasteiger charge is 2.37. The first-order chi connectivity index (χ1) is 13.0. The van der Waals surface area contributed by atoms with Crippen molar-refractivity contribution in [3.8, 4) is 11.5 Å². The summed E-state index contributed by atoms with van der Waals surface area (Å²) in [4.78, 5) is 19.8. The molecule has 2 rings (SSSR count). The number of nitro groups is 2. The average molecular weight is 400 g/mol. The Hall–Kier alpha value is -3.90. The topological polar surface area (TPSA) is 140 Å². The van der Waals surface area contributed by atoms with Crippen LogP contribution in [0.15, 0.2) is 35.4 Å². The first kappa shape index (κ1) is 20.4. The highest BCUT2D eigenvalue weighted by molar-refractivity contribution is 5.83. The van der Waals surface area contributed by atoms with Gasteiger partial charge in [-0.3, -0.25) is 25.7 Å². The molecular formula is C15H11F3N4O6. The van der Waals surface area contributed by atoms with Gasteiger partial charge in [-0.05, 0) is 23.8 Å². The van der Waals surface area contributed by atoms with E-state index in [-0.39, 0.29) is 23.6 Å². The zero-order valence-electron chi connectivity index (χ0n) is 13.9. The number of aromatic hydroxyl groups is 1. The molecule has 28 heavy (non-hydrogen) atoms. The Morgan fingerprint density at radius 1 is 1.14 bits per heavy atom. The summed E-state index contributed by atoms with van der Waals surface area (Å²) < 4.78 is 43.4. The molecule has 0 unspecified atom stereocenters. The van der Waals surface area contributed by atoms with Gasteiger partial charge in [0.1, 0.15) is 0 Å². The Morgan fingerprint density at radius 2 is 1.71 bits per heavy atom. The summed E-state index contributed by atoms with van der Waals surface area (Å²) in [5.41, 5.74) is -2.31. The molecular weight excluding hydrogens is 389 g/mol. The van der Waals surface area contributed by atoms with Crippen molar-refractivity contribution in [3.05, 3.63) is 61.7 Å². The summed E-state index contributed by atoms with van der Waals surface area (Å²) in [6.07, 6.45) is -3.94. The van der Waals surface area contributed by atoms with E-state index in [9.17, 15) is 38.5 Å². The number of alkyl halides is 3. The number of nitrogens with zero attached hydrogens (tertiary/aromatic N) is 3. The SMILES string of the molecule is COc1cc(/C=N/Nc2c([N+](=O)[O-])cc(C(F)(F)F)cc2[N+](=O)[O-])ccc1O. The van der Waals surface area contributed by atoms with Crippen LogP contribution in [0.5, 0.6) is 11.5 Å². The quantitative estimate of drug-likeness (QED) is 0.428. The number of nitro benzene ring substituents is 2. The van der Waals surface area contributed by atoms with Gasteiger partial charge < -0.3 is 9.84 Å².